The molecule has 300 valence electrons. The van der Waals surface area contributed by atoms with Gasteiger partial charge in [-0.1, -0.05) is 74.5 Å². The standard InChI is InChI=1S/C41H59N7O6S/c1-27(2)23-30(37(51)45-31(36(43)50)18-22-55-3)34-26-41(40(54)47-34)19-12-21-48(41)39(53)33(25-29-15-8-5-9-16-29)46-38(52)32(24-28-13-6-4-7-14-28)44-35(49)17-10-11-20-42/h4-9,13-16,27,30-34H,10-12,17-26,42H2,1-3H3,(H2,43,50)(H,44,49)(H,45,51)(H,46,52)(H,47,54)/t30-,31-,32-,33-,34?,41+/m0/s1. The molecule has 1 unspecified atom stereocenters. The maximum atomic E-state index is 14.8. The number of primary amides is 1. The maximum absolute atomic E-state index is 14.8. The SMILES string of the molecule is CSCC[C@H](NC(=O)[C@@H](CC(C)C)C1C[C@]2(CCCN2C(=O)[C@H](Cc2ccccc2)NC(=O)[C@H](Cc2ccccc2)NC(=O)CCCCN)C(=O)N1)C(N)=O. The number of nitrogens with one attached hydrogen (secondary N) is 4. The Hall–Kier alpha value is -4.43. The number of likely N-dealkylation sites (tertiary alicyclic amines) is 1. The third-order valence-corrected chi connectivity index (χ3v) is 11.2. The molecule has 2 aromatic carbocycles. The topological polar surface area (TPSA) is 206 Å². The fraction of sp³-hybridized carbons (Fsp3) is 0.561. The molecule has 0 aliphatic carbocycles. The Labute approximate surface area is 329 Å². The van der Waals surface area contributed by atoms with Gasteiger partial charge in [0.25, 0.3) is 0 Å². The summed E-state index contributed by atoms with van der Waals surface area (Å²) in [5.41, 5.74) is 11.7. The number of amides is 6. The lowest BCUT2D eigenvalue weighted by molar-refractivity contribution is -0.145. The lowest BCUT2D eigenvalue weighted by Crippen LogP contribution is -2.60. The summed E-state index contributed by atoms with van der Waals surface area (Å²) in [6, 6.07) is 15.2. The van der Waals surface area contributed by atoms with E-state index in [1.54, 1.807) is 16.7 Å². The molecule has 2 heterocycles. The lowest BCUT2D eigenvalue weighted by atomic mass is 9.83. The molecular weight excluding hydrogens is 719 g/mol. The molecule has 2 aliphatic rings. The zero-order valence-corrected chi connectivity index (χ0v) is 33.2. The molecule has 6 amide bonds. The minimum atomic E-state index is -1.22. The van der Waals surface area contributed by atoms with Crippen LogP contribution in [0.25, 0.3) is 0 Å². The van der Waals surface area contributed by atoms with Crippen molar-refractivity contribution in [2.45, 2.75) is 108 Å². The van der Waals surface area contributed by atoms with Gasteiger partial charge in [0.05, 0.1) is 5.92 Å². The first-order valence-electron chi connectivity index (χ1n) is 19.5. The van der Waals surface area contributed by atoms with Crippen molar-refractivity contribution in [3.8, 4) is 0 Å². The number of carbonyl (C=O) groups is 6. The molecule has 4 rings (SSSR count). The van der Waals surface area contributed by atoms with E-state index in [1.165, 1.54) is 0 Å². The van der Waals surface area contributed by atoms with E-state index >= 15 is 0 Å². The molecule has 1 spiro atoms. The zero-order valence-electron chi connectivity index (χ0n) is 32.4. The van der Waals surface area contributed by atoms with Crippen molar-refractivity contribution >= 4 is 47.2 Å². The number of hydrogen-bond donors (Lipinski definition) is 6. The summed E-state index contributed by atoms with van der Waals surface area (Å²) in [6.07, 6.45) is 5.76. The first kappa shape index (κ1) is 43.3. The van der Waals surface area contributed by atoms with Crippen LogP contribution in [0, 0.1) is 11.8 Å². The number of nitrogens with zero attached hydrogens (tertiary/aromatic N) is 1. The molecule has 0 radical (unpaired) electrons. The lowest BCUT2D eigenvalue weighted by Gasteiger charge is -2.36. The van der Waals surface area contributed by atoms with Gasteiger partial charge < -0.3 is 37.6 Å². The highest BCUT2D eigenvalue weighted by Gasteiger charge is 2.57. The second kappa shape index (κ2) is 21.0. The molecule has 2 fully saturated rings. The number of rotatable bonds is 21. The Morgan fingerprint density at radius 3 is 2.09 bits per heavy atom. The van der Waals surface area contributed by atoms with Crippen molar-refractivity contribution in [3.63, 3.8) is 0 Å². The van der Waals surface area contributed by atoms with E-state index in [1.807, 2.05) is 80.8 Å². The monoisotopic (exact) mass is 777 g/mol. The van der Waals surface area contributed by atoms with Gasteiger partial charge in [0.2, 0.25) is 35.4 Å². The summed E-state index contributed by atoms with van der Waals surface area (Å²) in [5, 5.41) is 11.8. The Morgan fingerprint density at radius 2 is 1.51 bits per heavy atom. The van der Waals surface area contributed by atoms with Crippen LogP contribution in [-0.2, 0) is 41.6 Å². The molecule has 14 heteroatoms. The Kier molecular flexibility index (Phi) is 16.6. The van der Waals surface area contributed by atoms with Gasteiger partial charge in [-0.2, -0.15) is 11.8 Å². The van der Waals surface area contributed by atoms with Crippen LogP contribution in [0.4, 0.5) is 0 Å². The number of benzene rings is 2. The van der Waals surface area contributed by atoms with Crippen molar-refractivity contribution in [1.29, 1.82) is 0 Å². The smallest absolute Gasteiger partial charge is 0.246 e. The molecule has 0 aromatic heterocycles. The molecule has 8 N–H and O–H groups in total. The molecule has 2 aliphatic heterocycles. The highest BCUT2D eigenvalue weighted by molar-refractivity contribution is 7.98. The first-order valence-corrected chi connectivity index (χ1v) is 20.9. The zero-order chi connectivity index (χ0) is 40.0. The number of unbranched alkanes of at least 4 members (excludes halogenated alkanes) is 1. The van der Waals surface area contributed by atoms with Crippen molar-refractivity contribution in [3.05, 3.63) is 71.8 Å². The molecule has 2 saturated heterocycles. The molecule has 13 nitrogen and oxygen atoms in total. The average Bonchev–Trinajstić information content (AvgIpc) is 3.74. The van der Waals surface area contributed by atoms with Crippen molar-refractivity contribution in [2.24, 2.45) is 23.3 Å². The van der Waals surface area contributed by atoms with Crippen LogP contribution >= 0.6 is 11.8 Å². The Morgan fingerprint density at radius 1 is 0.891 bits per heavy atom. The van der Waals surface area contributed by atoms with Crippen molar-refractivity contribution < 1.29 is 28.8 Å². The predicted molar refractivity (Wildman–Crippen MR) is 214 cm³/mol. The van der Waals surface area contributed by atoms with Gasteiger partial charge in [0.15, 0.2) is 0 Å². The Balaban J connectivity index is 1.60. The first-order chi connectivity index (χ1) is 26.4. The fourth-order valence-electron chi connectivity index (χ4n) is 7.73. The van der Waals surface area contributed by atoms with Gasteiger partial charge in [-0.15, -0.1) is 0 Å². The van der Waals surface area contributed by atoms with Gasteiger partial charge in [0, 0.05) is 38.3 Å². The van der Waals surface area contributed by atoms with Crippen LogP contribution in [0.1, 0.15) is 76.3 Å². The predicted octanol–water partition coefficient (Wildman–Crippen LogP) is 2.21. The van der Waals surface area contributed by atoms with Gasteiger partial charge >= 0.3 is 0 Å². The largest absolute Gasteiger partial charge is 0.368 e. The summed E-state index contributed by atoms with van der Waals surface area (Å²) in [7, 11) is 0. The van der Waals surface area contributed by atoms with Gasteiger partial charge in [0.1, 0.15) is 23.7 Å². The molecule has 6 atom stereocenters. The highest BCUT2D eigenvalue weighted by atomic mass is 32.2. The molecule has 0 saturated carbocycles. The minimum absolute atomic E-state index is 0.0965. The van der Waals surface area contributed by atoms with Crippen molar-refractivity contribution in [2.75, 3.05) is 25.1 Å². The molecule has 55 heavy (non-hydrogen) atoms. The molecular formula is C41H59N7O6S. The summed E-state index contributed by atoms with van der Waals surface area (Å²) < 4.78 is 0. The normalized spacial score (nSPS) is 20.1. The van der Waals surface area contributed by atoms with E-state index in [0.29, 0.717) is 57.4 Å². The minimum Gasteiger partial charge on any atom is -0.368 e. The van der Waals surface area contributed by atoms with Gasteiger partial charge in [-0.05, 0) is 74.1 Å². The number of thioether (sulfide) groups is 1. The third kappa shape index (κ3) is 12.0. The number of nitrogens with two attached hydrogens (primary N) is 2. The third-order valence-electron chi connectivity index (χ3n) is 10.6. The molecule has 2 aromatic rings. The molecule has 0 bridgehead atoms. The maximum Gasteiger partial charge on any atom is 0.246 e. The van der Waals surface area contributed by atoms with Crippen LogP contribution in [-0.4, -0.2) is 95.1 Å². The van der Waals surface area contributed by atoms with E-state index in [0.717, 1.165) is 11.1 Å². The quantitative estimate of drug-likeness (QED) is 0.104. The highest BCUT2D eigenvalue weighted by Crippen LogP contribution is 2.41. The van der Waals surface area contributed by atoms with Crippen LogP contribution in [0.3, 0.4) is 0 Å². The van der Waals surface area contributed by atoms with Crippen molar-refractivity contribution in [1.82, 2.24) is 26.2 Å². The van der Waals surface area contributed by atoms with Crippen LogP contribution in [0.2, 0.25) is 0 Å². The second-order valence-corrected chi connectivity index (χ2v) is 16.2. The second-order valence-electron chi connectivity index (χ2n) is 15.2. The van der Waals surface area contributed by atoms with E-state index < -0.39 is 53.3 Å². The average molecular weight is 778 g/mol. The number of hydrogen-bond acceptors (Lipinski definition) is 8. The van der Waals surface area contributed by atoms with Gasteiger partial charge in [-0.25, -0.2) is 0 Å². The van der Waals surface area contributed by atoms with Gasteiger partial charge in [-0.3, -0.25) is 28.8 Å². The summed E-state index contributed by atoms with van der Waals surface area (Å²) in [6.45, 7) is 4.73. The summed E-state index contributed by atoms with van der Waals surface area (Å²) >= 11 is 1.55. The fourth-order valence-corrected chi connectivity index (χ4v) is 8.20. The summed E-state index contributed by atoms with van der Waals surface area (Å²) in [5.74, 6) is -2.44. The Bertz CT molecular complexity index is 1610. The van der Waals surface area contributed by atoms with Crippen LogP contribution in [0.5, 0.6) is 0 Å². The van der Waals surface area contributed by atoms with E-state index in [-0.39, 0.29) is 49.3 Å². The van der Waals surface area contributed by atoms with E-state index in [9.17, 15) is 28.8 Å². The van der Waals surface area contributed by atoms with E-state index in [2.05, 4.69) is 21.3 Å². The summed E-state index contributed by atoms with van der Waals surface area (Å²) in [4.78, 5) is 83.6. The van der Waals surface area contributed by atoms with Crippen LogP contribution in [0.15, 0.2) is 60.7 Å². The van der Waals surface area contributed by atoms with E-state index in [4.69, 9.17) is 11.5 Å². The number of carbonyl (C=O) groups excluding carboxylic acids is 6. The van der Waals surface area contributed by atoms with Crippen LogP contribution < -0.4 is 32.7 Å².